The van der Waals surface area contributed by atoms with Crippen LogP contribution in [-0.4, -0.2) is 35.4 Å². The van der Waals surface area contributed by atoms with Crippen molar-refractivity contribution in [1.82, 2.24) is 9.88 Å². The van der Waals surface area contributed by atoms with Gasteiger partial charge in [0.25, 0.3) is 6.01 Å². The summed E-state index contributed by atoms with van der Waals surface area (Å²) in [4.78, 5) is 21.9. The molecule has 1 amide bonds. The number of carbonyl (C=O) groups excluding carboxylic acids is 1. The second-order valence-corrected chi connectivity index (χ2v) is 7.53. The van der Waals surface area contributed by atoms with Crippen LogP contribution in [0.15, 0.2) is 52.9 Å². The lowest BCUT2D eigenvalue weighted by Gasteiger charge is -2.36. The minimum absolute atomic E-state index is 0.0130. The quantitative estimate of drug-likeness (QED) is 0.699. The molecule has 5 rings (SSSR count). The maximum absolute atomic E-state index is 13.2. The minimum Gasteiger partial charge on any atom is -0.423 e. The fourth-order valence-corrected chi connectivity index (χ4v) is 4.29. The SMILES string of the molecule is O=C(C1CCCN(c2nc3ccccc3o2)C1)N1CCc2ccccc2C1. The van der Waals surface area contributed by atoms with Crippen molar-refractivity contribution < 1.29 is 9.21 Å². The van der Waals surface area contributed by atoms with Crippen molar-refractivity contribution in [3.05, 3.63) is 59.7 Å². The molecule has 5 heteroatoms. The van der Waals surface area contributed by atoms with E-state index in [1.807, 2.05) is 29.2 Å². The number of para-hydroxylation sites is 2. The molecule has 2 aromatic carbocycles. The molecule has 0 aliphatic carbocycles. The molecule has 3 aromatic rings. The number of piperidine rings is 1. The summed E-state index contributed by atoms with van der Waals surface area (Å²) in [6.45, 7) is 3.12. The van der Waals surface area contributed by atoms with Gasteiger partial charge in [0.2, 0.25) is 5.91 Å². The predicted molar refractivity (Wildman–Crippen MR) is 105 cm³/mol. The van der Waals surface area contributed by atoms with Crippen molar-refractivity contribution in [3.63, 3.8) is 0 Å². The van der Waals surface area contributed by atoms with E-state index >= 15 is 0 Å². The Bertz CT molecular complexity index is 947. The van der Waals surface area contributed by atoms with Gasteiger partial charge in [0.1, 0.15) is 5.52 Å². The third-order valence-corrected chi connectivity index (χ3v) is 5.77. The van der Waals surface area contributed by atoms with Gasteiger partial charge in [0, 0.05) is 26.2 Å². The van der Waals surface area contributed by atoms with Gasteiger partial charge in [0.15, 0.2) is 5.58 Å². The van der Waals surface area contributed by atoms with Gasteiger partial charge < -0.3 is 14.2 Å². The lowest BCUT2D eigenvalue weighted by Crippen LogP contribution is -2.46. The van der Waals surface area contributed by atoms with E-state index in [2.05, 4.69) is 34.1 Å². The fourth-order valence-electron chi connectivity index (χ4n) is 4.29. The predicted octanol–water partition coefficient (Wildman–Crippen LogP) is 3.63. The molecule has 1 unspecified atom stereocenters. The monoisotopic (exact) mass is 361 g/mol. The number of carbonyl (C=O) groups is 1. The van der Waals surface area contributed by atoms with E-state index in [1.54, 1.807) is 0 Å². The van der Waals surface area contributed by atoms with Crippen molar-refractivity contribution in [2.45, 2.75) is 25.8 Å². The van der Waals surface area contributed by atoms with Crippen LogP contribution in [-0.2, 0) is 17.8 Å². The number of hydrogen-bond donors (Lipinski definition) is 0. The number of amides is 1. The molecule has 0 bridgehead atoms. The molecule has 138 valence electrons. The van der Waals surface area contributed by atoms with E-state index in [0.717, 1.165) is 50.0 Å². The van der Waals surface area contributed by atoms with Gasteiger partial charge in [-0.05, 0) is 42.5 Å². The summed E-state index contributed by atoms with van der Waals surface area (Å²) >= 11 is 0. The number of oxazole rings is 1. The van der Waals surface area contributed by atoms with Crippen molar-refractivity contribution in [3.8, 4) is 0 Å². The Labute approximate surface area is 158 Å². The molecule has 1 fully saturated rings. The zero-order valence-electron chi connectivity index (χ0n) is 15.3. The van der Waals surface area contributed by atoms with Crippen molar-refractivity contribution in [2.24, 2.45) is 5.92 Å². The van der Waals surface area contributed by atoms with Crippen LogP contribution >= 0.6 is 0 Å². The second-order valence-electron chi connectivity index (χ2n) is 7.53. The van der Waals surface area contributed by atoms with Crippen LogP contribution < -0.4 is 4.90 Å². The molecule has 0 saturated carbocycles. The fraction of sp³-hybridized carbons (Fsp3) is 0.364. The minimum atomic E-state index is 0.0130. The summed E-state index contributed by atoms with van der Waals surface area (Å²) in [6, 6.07) is 16.9. The van der Waals surface area contributed by atoms with Gasteiger partial charge in [0.05, 0.1) is 5.92 Å². The molecular weight excluding hydrogens is 338 g/mol. The first-order valence-corrected chi connectivity index (χ1v) is 9.74. The summed E-state index contributed by atoms with van der Waals surface area (Å²) in [5, 5.41) is 0. The summed E-state index contributed by atoms with van der Waals surface area (Å²) < 4.78 is 5.92. The van der Waals surface area contributed by atoms with Crippen LogP contribution in [0.3, 0.4) is 0 Å². The lowest BCUT2D eigenvalue weighted by molar-refractivity contribution is -0.136. The van der Waals surface area contributed by atoms with Gasteiger partial charge in [-0.1, -0.05) is 36.4 Å². The Balaban J connectivity index is 1.31. The highest BCUT2D eigenvalue weighted by Gasteiger charge is 2.32. The second kappa shape index (κ2) is 6.72. The topological polar surface area (TPSA) is 49.6 Å². The maximum atomic E-state index is 13.2. The molecule has 2 aliphatic rings. The number of fused-ring (bicyclic) bond motifs is 2. The highest BCUT2D eigenvalue weighted by atomic mass is 16.4. The van der Waals surface area contributed by atoms with Gasteiger partial charge in [-0.15, -0.1) is 0 Å². The zero-order chi connectivity index (χ0) is 18.2. The highest BCUT2D eigenvalue weighted by molar-refractivity contribution is 5.80. The number of nitrogens with zero attached hydrogens (tertiary/aromatic N) is 3. The molecule has 2 aliphatic heterocycles. The molecule has 0 N–H and O–H groups in total. The standard InChI is InChI=1S/C22H23N3O2/c26-21(24-13-11-16-6-1-2-7-17(16)14-24)18-8-5-12-25(15-18)22-23-19-9-3-4-10-20(19)27-22/h1-4,6-7,9-10,18H,5,8,11-15H2. The largest absolute Gasteiger partial charge is 0.423 e. The number of benzene rings is 2. The average molecular weight is 361 g/mol. The van der Waals surface area contributed by atoms with Gasteiger partial charge >= 0.3 is 0 Å². The van der Waals surface area contributed by atoms with Crippen LogP contribution in [0.5, 0.6) is 0 Å². The van der Waals surface area contributed by atoms with E-state index in [-0.39, 0.29) is 11.8 Å². The van der Waals surface area contributed by atoms with E-state index in [1.165, 1.54) is 11.1 Å². The Morgan fingerprint density at radius 1 is 1.04 bits per heavy atom. The Hall–Kier alpha value is -2.82. The van der Waals surface area contributed by atoms with Gasteiger partial charge in [-0.2, -0.15) is 4.98 Å². The number of anilines is 1. The van der Waals surface area contributed by atoms with E-state index < -0.39 is 0 Å². The first-order valence-electron chi connectivity index (χ1n) is 9.74. The number of aromatic nitrogens is 1. The molecule has 1 atom stereocenters. The molecular formula is C22H23N3O2. The Kier molecular flexibility index (Phi) is 4.07. The smallest absolute Gasteiger partial charge is 0.298 e. The van der Waals surface area contributed by atoms with Crippen molar-refractivity contribution in [1.29, 1.82) is 0 Å². The third-order valence-electron chi connectivity index (χ3n) is 5.77. The van der Waals surface area contributed by atoms with Crippen LogP contribution in [0.2, 0.25) is 0 Å². The first-order chi connectivity index (χ1) is 13.3. The first kappa shape index (κ1) is 16.4. The Morgan fingerprint density at radius 3 is 2.74 bits per heavy atom. The summed E-state index contributed by atoms with van der Waals surface area (Å²) in [5.41, 5.74) is 4.32. The van der Waals surface area contributed by atoms with E-state index in [4.69, 9.17) is 4.42 Å². The summed E-state index contributed by atoms with van der Waals surface area (Å²) in [5.74, 6) is 0.282. The van der Waals surface area contributed by atoms with E-state index in [9.17, 15) is 4.79 Å². The van der Waals surface area contributed by atoms with Crippen molar-refractivity contribution in [2.75, 3.05) is 24.5 Å². The Morgan fingerprint density at radius 2 is 1.85 bits per heavy atom. The van der Waals surface area contributed by atoms with E-state index in [0.29, 0.717) is 12.6 Å². The maximum Gasteiger partial charge on any atom is 0.298 e. The summed E-state index contributed by atoms with van der Waals surface area (Å²) in [7, 11) is 0. The van der Waals surface area contributed by atoms with Crippen LogP contribution in [0.1, 0.15) is 24.0 Å². The van der Waals surface area contributed by atoms with Crippen molar-refractivity contribution >= 4 is 23.0 Å². The third kappa shape index (κ3) is 3.07. The van der Waals surface area contributed by atoms with Crippen LogP contribution in [0.25, 0.3) is 11.1 Å². The molecule has 0 radical (unpaired) electrons. The zero-order valence-corrected chi connectivity index (χ0v) is 15.3. The number of hydrogen-bond acceptors (Lipinski definition) is 4. The molecule has 1 saturated heterocycles. The lowest BCUT2D eigenvalue weighted by atomic mass is 9.94. The highest BCUT2D eigenvalue weighted by Crippen LogP contribution is 2.28. The number of rotatable bonds is 2. The van der Waals surface area contributed by atoms with Crippen LogP contribution in [0, 0.1) is 5.92 Å². The average Bonchev–Trinajstić information content (AvgIpc) is 3.17. The van der Waals surface area contributed by atoms with Gasteiger partial charge in [-0.3, -0.25) is 4.79 Å². The molecule has 3 heterocycles. The molecule has 27 heavy (non-hydrogen) atoms. The summed E-state index contributed by atoms with van der Waals surface area (Å²) in [6.07, 6.45) is 2.87. The molecule has 0 spiro atoms. The molecule has 1 aromatic heterocycles. The normalized spacial score (nSPS) is 19.9. The molecule has 5 nitrogen and oxygen atoms in total. The van der Waals surface area contributed by atoms with Gasteiger partial charge in [-0.25, -0.2) is 0 Å². The van der Waals surface area contributed by atoms with Crippen LogP contribution in [0.4, 0.5) is 6.01 Å².